The molecule has 0 aromatic rings. The van der Waals surface area contributed by atoms with Crippen LogP contribution in [0.25, 0.3) is 0 Å². The van der Waals surface area contributed by atoms with Crippen LogP contribution < -0.4 is 5.32 Å². The Hall–Kier alpha value is -1.10. The summed E-state index contributed by atoms with van der Waals surface area (Å²) in [7, 11) is 0. The Labute approximate surface area is 116 Å². The molecule has 0 aromatic heterocycles. The Morgan fingerprint density at radius 1 is 1.00 bits per heavy atom. The first kappa shape index (κ1) is 20.2. The Morgan fingerprint density at radius 2 is 1.63 bits per heavy atom. The number of carboxylic acid groups (broad SMARTS) is 1. The Kier molecular flexibility index (Phi) is 18.0. The summed E-state index contributed by atoms with van der Waals surface area (Å²) in [6, 6.07) is 0. The van der Waals surface area contributed by atoms with E-state index in [2.05, 4.69) is 12.2 Å². The molecule has 0 unspecified atom stereocenters. The molecule has 0 aliphatic rings. The van der Waals surface area contributed by atoms with Gasteiger partial charge in [-0.25, -0.2) is 0 Å². The zero-order valence-electron chi connectivity index (χ0n) is 12.3. The van der Waals surface area contributed by atoms with E-state index in [-0.39, 0.29) is 12.3 Å². The van der Waals surface area contributed by atoms with E-state index in [9.17, 15) is 9.59 Å². The number of carbonyl (C=O) groups excluding carboxylic acids is 1. The van der Waals surface area contributed by atoms with E-state index >= 15 is 0 Å². The van der Waals surface area contributed by atoms with Crippen molar-refractivity contribution in [2.75, 3.05) is 13.2 Å². The van der Waals surface area contributed by atoms with Crippen molar-refractivity contribution < 1.29 is 19.8 Å². The maximum Gasteiger partial charge on any atom is 0.303 e. The van der Waals surface area contributed by atoms with E-state index in [4.69, 9.17) is 10.2 Å². The molecule has 0 rings (SSSR count). The van der Waals surface area contributed by atoms with E-state index in [0.29, 0.717) is 13.2 Å². The molecule has 0 bridgehead atoms. The topological polar surface area (TPSA) is 86.6 Å². The summed E-state index contributed by atoms with van der Waals surface area (Å²) in [4.78, 5) is 20.6. The lowest BCUT2D eigenvalue weighted by molar-refractivity contribution is -0.137. The third-order valence-electron chi connectivity index (χ3n) is 2.45. The SMILES string of the molecule is CC(=O)NCCCCCCC(=O)O.CCCCCO. The molecule has 5 nitrogen and oxygen atoms in total. The zero-order valence-corrected chi connectivity index (χ0v) is 12.3. The fraction of sp³-hybridized carbons (Fsp3) is 0.857. The highest BCUT2D eigenvalue weighted by atomic mass is 16.4. The Balaban J connectivity index is 0. The Bertz CT molecular complexity index is 197. The molecule has 1 amide bonds. The third kappa shape index (κ3) is 26.5. The quantitative estimate of drug-likeness (QED) is 0.534. The van der Waals surface area contributed by atoms with Crippen LogP contribution in [0.5, 0.6) is 0 Å². The standard InChI is InChI=1S/C9H17NO3.C5H12O/c1-8(11)10-7-5-3-2-4-6-9(12)13;1-2-3-4-5-6/h2-7H2,1H3,(H,10,11)(H,12,13);6H,2-5H2,1H3. The average Bonchev–Trinajstić information content (AvgIpc) is 2.35. The van der Waals surface area contributed by atoms with Crippen LogP contribution in [0, 0.1) is 0 Å². The average molecular weight is 275 g/mol. The maximum atomic E-state index is 10.4. The number of hydrogen-bond donors (Lipinski definition) is 3. The van der Waals surface area contributed by atoms with Crippen molar-refractivity contribution in [1.29, 1.82) is 0 Å². The highest BCUT2D eigenvalue weighted by Gasteiger charge is 1.96. The molecule has 0 radical (unpaired) electrons. The van der Waals surface area contributed by atoms with Gasteiger partial charge in [0.15, 0.2) is 0 Å². The summed E-state index contributed by atoms with van der Waals surface area (Å²) in [5, 5.41) is 19.2. The van der Waals surface area contributed by atoms with Gasteiger partial charge in [0.2, 0.25) is 5.91 Å². The highest BCUT2D eigenvalue weighted by molar-refractivity contribution is 5.72. The molecule has 0 heterocycles. The van der Waals surface area contributed by atoms with Gasteiger partial charge in [-0.3, -0.25) is 9.59 Å². The zero-order chi connectivity index (χ0) is 14.9. The molecule has 0 atom stereocenters. The van der Waals surface area contributed by atoms with Crippen molar-refractivity contribution in [2.45, 2.75) is 65.2 Å². The number of amides is 1. The minimum absolute atomic E-state index is 0.00876. The fourth-order valence-corrected chi connectivity index (χ4v) is 1.38. The van der Waals surface area contributed by atoms with Crippen LogP contribution in [0.1, 0.15) is 65.2 Å². The summed E-state index contributed by atoms with van der Waals surface area (Å²) >= 11 is 0. The van der Waals surface area contributed by atoms with Gasteiger partial charge in [0.1, 0.15) is 0 Å². The molecule has 0 fully saturated rings. The molecule has 0 spiro atoms. The number of hydrogen-bond acceptors (Lipinski definition) is 3. The highest BCUT2D eigenvalue weighted by Crippen LogP contribution is 2.01. The molecular formula is C14H29NO4. The molecule has 0 aliphatic heterocycles. The number of aliphatic hydroxyl groups excluding tert-OH is 1. The molecule has 0 saturated heterocycles. The van der Waals surface area contributed by atoms with Crippen molar-refractivity contribution in [3.8, 4) is 0 Å². The van der Waals surface area contributed by atoms with E-state index in [0.717, 1.165) is 38.5 Å². The first-order valence-corrected chi connectivity index (χ1v) is 7.11. The Morgan fingerprint density at radius 3 is 2.05 bits per heavy atom. The van der Waals surface area contributed by atoms with Gasteiger partial charge in [0.05, 0.1) is 0 Å². The molecule has 0 saturated carbocycles. The molecule has 19 heavy (non-hydrogen) atoms. The molecule has 3 N–H and O–H groups in total. The number of nitrogens with one attached hydrogen (secondary N) is 1. The van der Waals surface area contributed by atoms with E-state index in [1.165, 1.54) is 13.3 Å². The second kappa shape index (κ2) is 16.9. The van der Waals surface area contributed by atoms with Gasteiger partial charge < -0.3 is 15.5 Å². The molecule has 114 valence electrons. The van der Waals surface area contributed by atoms with Gasteiger partial charge in [-0.15, -0.1) is 0 Å². The van der Waals surface area contributed by atoms with Crippen LogP contribution in [-0.4, -0.2) is 35.2 Å². The largest absolute Gasteiger partial charge is 0.481 e. The first-order chi connectivity index (χ1) is 9.04. The van der Waals surface area contributed by atoms with Gasteiger partial charge in [0.25, 0.3) is 0 Å². The summed E-state index contributed by atoms with van der Waals surface area (Å²) in [5.41, 5.74) is 0. The van der Waals surface area contributed by atoms with Crippen molar-refractivity contribution in [3.63, 3.8) is 0 Å². The van der Waals surface area contributed by atoms with E-state index in [1.54, 1.807) is 0 Å². The molecular weight excluding hydrogens is 246 g/mol. The maximum absolute atomic E-state index is 10.4. The predicted molar refractivity (Wildman–Crippen MR) is 76.0 cm³/mol. The van der Waals surface area contributed by atoms with Gasteiger partial charge >= 0.3 is 5.97 Å². The number of aliphatic carboxylic acids is 1. The van der Waals surface area contributed by atoms with Gasteiger partial charge in [-0.2, -0.15) is 0 Å². The number of rotatable bonds is 10. The van der Waals surface area contributed by atoms with Gasteiger partial charge in [-0.05, 0) is 19.3 Å². The van der Waals surface area contributed by atoms with Gasteiger partial charge in [-0.1, -0.05) is 32.6 Å². The van der Waals surface area contributed by atoms with E-state index < -0.39 is 5.97 Å². The van der Waals surface area contributed by atoms with Crippen molar-refractivity contribution in [1.82, 2.24) is 5.32 Å². The summed E-state index contributed by atoms with van der Waals surface area (Å²) in [6.45, 7) is 4.66. The monoisotopic (exact) mass is 275 g/mol. The van der Waals surface area contributed by atoms with E-state index in [1.807, 2.05) is 0 Å². The lowest BCUT2D eigenvalue weighted by atomic mass is 10.1. The predicted octanol–water partition coefficient (Wildman–Crippen LogP) is 2.33. The number of aliphatic hydroxyl groups is 1. The van der Waals surface area contributed by atoms with Crippen molar-refractivity contribution in [2.24, 2.45) is 0 Å². The van der Waals surface area contributed by atoms with Crippen LogP contribution in [0.15, 0.2) is 0 Å². The number of carbonyl (C=O) groups is 2. The second-order valence-electron chi connectivity index (χ2n) is 4.47. The summed E-state index contributed by atoms with van der Waals surface area (Å²) < 4.78 is 0. The van der Waals surface area contributed by atoms with Crippen LogP contribution >= 0.6 is 0 Å². The second-order valence-corrected chi connectivity index (χ2v) is 4.47. The fourth-order valence-electron chi connectivity index (χ4n) is 1.38. The molecule has 5 heteroatoms. The minimum atomic E-state index is -0.734. The minimum Gasteiger partial charge on any atom is -0.481 e. The smallest absolute Gasteiger partial charge is 0.303 e. The van der Waals surface area contributed by atoms with Crippen LogP contribution in [0.3, 0.4) is 0 Å². The summed E-state index contributed by atoms with van der Waals surface area (Å²) in [5.74, 6) is -0.743. The van der Waals surface area contributed by atoms with Crippen LogP contribution in [-0.2, 0) is 9.59 Å². The van der Waals surface area contributed by atoms with Crippen LogP contribution in [0.4, 0.5) is 0 Å². The van der Waals surface area contributed by atoms with Gasteiger partial charge in [0, 0.05) is 26.5 Å². The number of carboxylic acids is 1. The lowest BCUT2D eigenvalue weighted by Gasteiger charge is -2.00. The molecule has 0 aliphatic carbocycles. The lowest BCUT2D eigenvalue weighted by Crippen LogP contribution is -2.20. The summed E-state index contributed by atoms with van der Waals surface area (Å²) in [6.07, 6.45) is 7.14. The normalized spacial score (nSPS) is 9.42. The van der Waals surface area contributed by atoms with Crippen molar-refractivity contribution in [3.05, 3.63) is 0 Å². The molecule has 0 aromatic carbocycles. The van der Waals surface area contributed by atoms with Crippen molar-refractivity contribution >= 4 is 11.9 Å². The first-order valence-electron chi connectivity index (χ1n) is 7.11. The number of unbranched alkanes of at least 4 members (excludes halogenated alkanes) is 5. The third-order valence-corrected chi connectivity index (χ3v) is 2.45. The van der Waals surface area contributed by atoms with Crippen LogP contribution in [0.2, 0.25) is 0 Å².